The van der Waals surface area contributed by atoms with Gasteiger partial charge in [-0.1, -0.05) is 44.2 Å². The number of rotatable bonds is 8. The average molecular weight is 291 g/mol. The average Bonchev–Trinajstić information content (AvgIpc) is 2.56. The van der Waals surface area contributed by atoms with Crippen LogP contribution >= 0.6 is 0 Å². The Labute approximate surface area is 129 Å². The number of nitrogens with one attached hydrogen (secondary N) is 1. The van der Waals surface area contributed by atoms with Gasteiger partial charge in [-0.15, -0.1) is 0 Å². The summed E-state index contributed by atoms with van der Waals surface area (Å²) in [5.41, 5.74) is 1.32. The number of likely N-dealkylation sites (N-methyl/N-ethyl adjacent to an activating group) is 1. The smallest absolute Gasteiger partial charge is 0.0767 e. The Morgan fingerprint density at radius 1 is 1.19 bits per heavy atom. The maximum absolute atomic E-state index is 6.28. The molecular formula is C18H29NO2. The maximum atomic E-state index is 6.28. The number of ether oxygens (including phenoxy) is 2. The molecule has 3 nitrogen and oxygen atoms in total. The SMILES string of the molecule is CCNC(c1ccccc1)C(CC)OCC1CCOCC1. The van der Waals surface area contributed by atoms with Crippen LogP contribution in [0.25, 0.3) is 0 Å². The lowest BCUT2D eigenvalue weighted by Crippen LogP contribution is -2.35. The second-order valence-electron chi connectivity index (χ2n) is 5.78. The summed E-state index contributed by atoms with van der Waals surface area (Å²) in [4.78, 5) is 0. The van der Waals surface area contributed by atoms with Crippen LogP contribution in [0, 0.1) is 5.92 Å². The first-order valence-corrected chi connectivity index (χ1v) is 8.32. The van der Waals surface area contributed by atoms with Gasteiger partial charge in [-0.2, -0.15) is 0 Å². The van der Waals surface area contributed by atoms with Crippen molar-refractivity contribution in [1.29, 1.82) is 0 Å². The van der Waals surface area contributed by atoms with Gasteiger partial charge in [0.2, 0.25) is 0 Å². The van der Waals surface area contributed by atoms with E-state index < -0.39 is 0 Å². The summed E-state index contributed by atoms with van der Waals surface area (Å²) in [7, 11) is 0. The molecule has 0 bridgehead atoms. The zero-order valence-electron chi connectivity index (χ0n) is 13.4. The van der Waals surface area contributed by atoms with Crippen molar-refractivity contribution < 1.29 is 9.47 Å². The van der Waals surface area contributed by atoms with E-state index in [9.17, 15) is 0 Å². The van der Waals surface area contributed by atoms with Crippen LogP contribution < -0.4 is 5.32 Å². The highest BCUT2D eigenvalue weighted by molar-refractivity contribution is 5.20. The quantitative estimate of drug-likeness (QED) is 0.794. The molecule has 1 aromatic rings. The van der Waals surface area contributed by atoms with Crippen LogP contribution in [-0.2, 0) is 9.47 Å². The lowest BCUT2D eigenvalue weighted by atomic mass is 9.98. The van der Waals surface area contributed by atoms with Gasteiger partial charge in [-0.3, -0.25) is 0 Å². The Hall–Kier alpha value is -0.900. The van der Waals surface area contributed by atoms with Crippen LogP contribution in [0.2, 0.25) is 0 Å². The van der Waals surface area contributed by atoms with E-state index >= 15 is 0 Å². The topological polar surface area (TPSA) is 30.5 Å². The molecular weight excluding hydrogens is 262 g/mol. The Morgan fingerprint density at radius 2 is 1.90 bits per heavy atom. The molecule has 0 radical (unpaired) electrons. The minimum atomic E-state index is 0.232. The highest BCUT2D eigenvalue weighted by atomic mass is 16.5. The van der Waals surface area contributed by atoms with Crippen molar-refractivity contribution in [3.8, 4) is 0 Å². The third-order valence-corrected chi connectivity index (χ3v) is 4.24. The molecule has 3 heteroatoms. The second kappa shape index (κ2) is 9.19. The molecule has 1 saturated heterocycles. The zero-order valence-corrected chi connectivity index (χ0v) is 13.4. The molecule has 0 aromatic heterocycles. The summed E-state index contributed by atoms with van der Waals surface area (Å²) >= 11 is 0. The van der Waals surface area contributed by atoms with E-state index in [1.54, 1.807) is 0 Å². The van der Waals surface area contributed by atoms with Gasteiger partial charge < -0.3 is 14.8 Å². The van der Waals surface area contributed by atoms with Crippen LogP contribution in [0.5, 0.6) is 0 Å². The fourth-order valence-corrected chi connectivity index (χ4v) is 2.97. The zero-order chi connectivity index (χ0) is 14.9. The maximum Gasteiger partial charge on any atom is 0.0767 e. The minimum Gasteiger partial charge on any atom is -0.381 e. The Morgan fingerprint density at radius 3 is 2.52 bits per heavy atom. The van der Waals surface area contributed by atoms with Crippen molar-refractivity contribution >= 4 is 0 Å². The van der Waals surface area contributed by atoms with E-state index in [-0.39, 0.29) is 12.1 Å². The van der Waals surface area contributed by atoms with E-state index in [0.717, 1.165) is 45.6 Å². The van der Waals surface area contributed by atoms with E-state index in [1.807, 2.05) is 0 Å². The molecule has 1 fully saturated rings. The summed E-state index contributed by atoms with van der Waals surface area (Å²) < 4.78 is 11.7. The summed E-state index contributed by atoms with van der Waals surface area (Å²) in [5.74, 6) is 0.658. The molecule has 118 valence electrons. The molecule has 0 saturated carbocycles. The van der Waals surface area contributed by atoms with Gasteiger partial charge in [0.25, 0.3) is 0 Å². The van der Waals surface area contributed by atoms with Gasteiger partial charge in [0.1, 0.15) is 0 Å². The molecule has 21 heavy (non-hydrogen) atoms. The minimum absolute atomic E-state index is 0.232. The van der Waals surface area contributed by atoms with Crippen LogP contribution in [0.3, 0.4) is 0 Å². The summed E-state index contributed by atoms with van der Waals surface area (Å²) in [6.07, 6.45) is 3.52. The molecule has 0 aliphatic carbocycles. The lowest BCUT2D eigenvalue weighted by Gasteiger charge is -2.30. The number of hydrogen-bond acceptors (Lipinski definition) is 3. The Balaban J connectivity index is 1.95. The van der Waals surface area contributed by atoms with Crippen molar-refractivity contribution in [2.45, 2.75) is 45.3 Å². The Bertz CT molecular complexity index is 376. The van der Waals surface area contributed by atoms with Crippen molar-refractivity contribution in [1.82, 2.24) is 5.32 Å². The van der Waals surface area contributed by atoms with Gasteiger partial charge >= 0.3 is 0 Å². The molecule has 2 atom stereocenters. The number of hydrogen-bond donors (Lipinski definition) is 1. The standard InChI is InChI=1S/C18H29NO2/c1-3-17(21-14-15-10-12-20-13-11-15)18(19-4-2)16-8-6-5-7-9-16/h5-9,15,17-19H,3-4,10-14H2,1-2H3. The largest absolute Gasteiger partial charge is 0.381 e. The summed E-state index contributed by atoms with van der Waals surface area (Å²) in [6.45, 7) is 7.95. The highest BCUT2D eigenvalue weighted by Gasteiger charge is 2.23. The third-order valence-electron chi connectivity index (χ3n) is 4.24. The van der Waals surface area contributed by atoms with E-state index in [1.165, 1.54) is 5.56 Å². The second-order valence-corrected chi connectivity index (χ2v) is 5.78. The van der Waals surface area contributed by atoms with Crippen LogP contribution in [0.1, 0.15) is 44.7 Å². The first-order chi connectivity index (χ1) is 10.3. The first-order valence-electron chi connectivity index (χ1n) is 8.32. The number of benzene rings is 1. The summed E-state index contributed by atoms with van der Waals surface area (Å²) in [5, 5.41) is 3.59. The fourth-order valence-electron chi connectivity index (χ4n) is 2.97. The van der Waals surface area contributed by atoms with Crippen molar-refractivity contribution in [3.05, 3.63) is 35.9 Å². The fraction of sp³-hybridized carbons (Fsp3) is 0.667. The van der Waals surface area contributed by atoms with Crippen molar-refractivity contribution in [3.63, 3.8) is 0 Å². The molecule has 1 N–H and O–H groups in total. The van der Waals surface area contributed by atoms with E-state index in [0.29, 0.717) is 5.92 Å². The predicted octanol–water partition coefficient (Wildman–Crippen LogP) is 3.56. The van der Waals surface area contributed by atoms with Crippen LogP contribution in [0.15, 0.2) is 30.3 Å². The monoisotopic (exact) mass is 291 g/mol. The molecule has 1 heterocycles. The first kappa shape index (κ1) is 16.5. The van der Waals surface area contributed by atoms with Gasteiger partial charge in [0.05, 0.1) is 18.8 Å². The molecule has 1 aromatic carbocycles. The highest BCUT2D eigenvalue weighted by Crippen LogP contribution is 2.24. The normalized spacial score (nSPS) is 19.3. The van der Waals surface area contributed by atoms with Gasteiger partial charge in [0, 0.05) is 13.2 Å². The van der Waals surface area contributed by atoms with Crippen LogP contribution in [0.4, 0.5) is 0 Å². The van der Waals surface area contributed by atoms with Crippen molar-refractivity contribution in [2.75, 3.05) is 26.4 Å². The molecule has 2 unspecified atom stereocenters. The molecule has 0 amide bonds. The predicted molar refractivity (Wildman–Crippen MR) is 86.4 cm³/mol. The lowest BCUT2D eigenvalue weighted by molar-refractivity contribution is -0.0257. The van der Waals surface area contributed by atoms with Crippen LogP contribution in [-0.4, -0.2) is 32.5 Å². The van der Waals surface area contributed by atoms with Crippen molar-refractivity contribution in [2.24, 2.45) is 5.92 Å². The van der Waals surface area contributed by atoms with Gasteiger partial charge in [-0.05, 0) is 37.3 Å². The van der Waals surface area contributed by atoms with Gasteiger partial charge in [0.15, 0.2) is 0 Å². The molecule has 1 aliphatic heterocycles. The Kier molecular flexibility index (Phi) is 7.20. The molecule has 2 rings (SSSR count). The summed E-state index contributed by atoms with van der Waals surface area (Å²) in [6, 6.07) is 10.9. The van der Waals surface area contributed by atoms with E-state index in [4.69, 9.17) is 9.47 Å². The molecule has 1 aliphatic rings. The molecule has 0 spiro atoms. The van der Waals surface area contributed by atoms with E-state index in [2.05, 4.69) is 49.5 Å². The third kappa shape index (κ3) is 5.10. The van der Waals surface area contributed by atoms with Gasteiger partial charge in [-0.25, -0.2) is 0 Å².